The van der Waals surface area contributed by atoms with Crippen molar-refractivity contribution in [3.05, 3.63) is 41.6 Å². The van der Waals surface area contributed by atoms with E-state index in [4.69, 9.17) is 9.15 Å². The highest BCUT2D eigenvalue weighted by atomic mass is 16.5. The maximum Gasteiger partial charge on any atom is 0.317 e. The second kappa shape index (κ2) is 9.29. The molecule has 1 aliphatic rings. The molecule has 2 heterocycles. The molecule has 0 radical (unpaired) electrons. The molecule has 2 aromatic rings. The Bertz CT molecular complexity index is 795. The molecule has 7 nitrogen and oxygen atoms in total. The normalized spacial score (nSPS) is 17.2. The van der Waals surface area contributed by atoms with E-state index in [1.807, 2.05) is 29.2 Å². The molecule has 158 valence electrons. The fourth-order valence-corrected chi connectivity index (χ4v) is 3.54. The molecule has 0 bridgehead atoms. The number of aromatic nitrogens is 2. The first kappa shape index (κ1) is 21.1. The van der Waals surface area contributed by atoms with E-state index >= 15 is 0 Å². The monoisotopic (exact) mass is 400 g/mol. The summed E-state index contributed by atoms with van der Waals surface area (Å²) in [6.07, 6.45) is 3.44. The van der Waals surface area contributed by atoms with Crippen molar-refractivity contribution in [3.63, 3.8) is 0 Å². The predicted octanol–water partition coefficient (Wildman–Crippen LogP) is 3.80. The molecule has 1 aromatic carbocycles. The van der Waals surface area contributed by atoms with E-state index in [-0.39, 0.29) is 17.4 Å². The van der Waals surface area contributed by atoms with E-state index in [9.17, 15) is 4.79 Å². The van der Waals surface area contributed by atoms with Gasteiger partial charge in [-0.25, -0.2) is 4.79 Å². The van der Waals surface area contributed by atoms with E-state index < -0.39 is 0 Å². The third-order valence-electron chi connectivity index (χ3n) is 5.07. The van der Waals surface area contributed by atoms with Gasteiger partial charge in [-0.05, 0) is 42.4 Å². The number of hydrogen-bond acceptors (Lipinski definition) is 5. The highest BCUT2D eigenvalue weighted by Gasteiger charge is 2.28. The van der Waals surface area contributed by atoms with E-state index in [1.165, 1.54) is 5.56 Å². The molecule has 1 atom stereocenters. The number of piperidine rings is 1. The molecule has 29 heavy (non-hydrogen) atoms. The van der Waals surface area contributed by atoms with Crippen molar-refractivity contribution < 1.29 is 13.9 Å². The Balaban J connectivity index is 1.48. The lowest BCUT2D eigenvalue weighted by molar-refractivity contribution is 0.174. The zero-order valence-electron chi connectivity index (χ0n) is 17.9. The SMILES string of the molecule is COc1ccc(CCNC(=O)N2CCCC(c3nnc(CC(C)(C)C)o3)C2)cc1. The first-order valence-corrected chi connectivity index (χ1v) is 10.3. The molecular weight excluding hydrogens is 368 g/mol. The summed E-state index contributed by atoms with van der Waals surface area (Å²) in [5.74, 6) is 2.27. The largest absolute Gasteiger partial charge is 0.497 e. The number of rotatable bonds is 6. The predicted molar refractivity (Wildman–Crippen MR) is 111 cm³/mol. The summed E-state index contributed by atoms with van der Waals surface area (Å²) in [7, 11) is 1.65. The number of likely N-dealkylation sites (tertiary alicyclic amines) is 1. The minimum Gasteiger partial charge on any atom is -0.497 e. The van der Waals surface area contributed by atoms with Gasteiger partial charge in [0.15, 0.2) is 0 Å². The summed E-state index contributed by atoms with van der Waals surface area (Å²) >= 11 is 0. The lowest BCUT2D eigenvalue weighted by Crippen LogP contribution is -2.45. The number of nitrogens with zero attached hydrogens (tertiary/aromatic N) is 3. The second-order valence-electron chi connectivity index (χ2n) is 8.89. The van der Waals surface area contributed by atoms with Crippen LogP contribution in [0, 0.1) is 5.41 Å². The van der Waals surface area contributed by atoms with Crippen molar-refractivity contribution in [2.24, 2.45) is 5.41 Å². The molecule has 2 amide bonds. The Labute approximate surface area is 172 Å². The van der Waals surface area contributed by atoms with Crippen LogP contribution in [0.2, 0.25) is 0 Å². The molecule has 0 spiro atoms. The van der Waals surface area contributed by atoms with Crippen LogP contribution in [0.3, 0.4) is 0 Å². The topological polar surface area (TPSA) is 80.5 Å². The van der Waals surface area contributed by atoms with Gasteiger partial charge in [0, 0.05) is 26.1 Å². The molecule has 1 aromatic heterocycles. The van der Waals surface area contributed by atoms with Crippen molar-refractivity contribution in [3.8, 4) is 5.75 Å². The van der Waals surface area contributed by atoms with Crippen molar-refractivity contribution in [2.75, 3.05) is 26.7 Å². The Hall–Kier alpha value is -2.57. The Kier molecular flexibility index (Phi) is 6.77. The summed E-state index contributed by atoms with van der Waals surface area (Å²) in [5, 5.41) is 11.5. The fraction of sp³-hybridized carbons (Fsp3) is 0.591. The second-order valence-corrected chi connectivity index (χ2v) is 8.89. The number of urea groups is 1. The van der Waals surface area contributed by atoms with E-state index in [0.717, 1.165) is 38.0 Å². The minimum absolute atomic E-state index is 0.0300. The van der Waals surface area contributed by atoms with Crippen molar-refractivity contribution in [2.45, 2.75) is 52.4 Å². The standard InChI is InChI=1S/C22H32N4O3/c1-22(2,3)14-19-24-25-20(29-19)17-6-5-13-26(15-17)21(27)23-12-11-16-7-9-18(28-4)10-8-16/h7-10,17H,5-6,11-15H2,1-4H3,(H,23,27). The smallest absolute Gasteiger partial charge is 0.317 e. The number of nitrogens with one attached hydrogen (secondary N) is 1. The van der Waals surface area contributed by atoms with E-state index in [1.54, 1.807) is 7.11 Å². The summed E-state index contributed by atoms with van der Waals surface area (Å²) in [4.78, 5) is 14.4. The van der Waals surface area contributed by atoms with Crippen LogP contribution in [-0.4, -0.2) is 47.9 Å². The lowest BCUT2D eigenvalue weighted by atomic mass is 9.92. The van der Waals surface area contributed by atoms with Gasteiger partial charge in [0.2, 0.25) is 11.8 Å². The van der Waals surface area contributed by atoms with Crippen molar-refractivity contribution in [1.82, 2.24) is 20.4 Å². The van der Waals surface area contributed by atoms with Crippen LogP contribution in [0.5, 0.6) is 5.75 Å². The lowest BCUT2D eigenvalue weighted by Gasteiger charge is -2.31. The van der Waals surface area contributed by atoms with E-state index in [2.05, 4.69) is 36.3 Å². The first-order valence-electron chi connectivity index (χ1n) is 10.3. The van der Waals surface area contributed by atoms with Crippen LogP contribution in [0.1, 0.15) is 56.9 Å². The maximum absolute atomic E-state index is 12.6. The van der Waals surface area contributed by atoms with Crippen molar-refractivity contribution in [1.29, 1.82) is 0 Å². The van der Waals surface area contributed by atoms with Crippen molar-refractivity contribution >= 4 is 6.03 Å². The quantitative estimate of drug-likeness (QED) is 0.798. The van der Waals surface area contributed by atoms with Crippen LogP contribution in [0.4, 0.5) is 4.79 Å². The van der Waals surface area contributed by atoms with Gasteiger partial charge in [-0.3, -0.25) is 0 Å². The summed E-state index contributed by atoms with van der Waals surface area (Å²) in [5.41, 5.74) is 1.27. The van der Waals surface area contributed by atoms with Crippen LogP contribution in [0.25, 0.3) is 0 Å². The molecule has 1 saturated heterocycles. The zero-order chi connectivity index (χ0) is 20.9. The maximum atomic E-state index is 12.6. The number of carbonyl (C=O) groups excluding carboxylic acids is 1. The Morgan fingerprint density at radius 1 is 1.28 bits per heavy atom. The molecule has 0 aliphatic carbocycles. The molecular formula is C22H32N4O3. The third kappa shape index (κ3) is 6.21. The van der Waals surface area contributed by atoms with Crippen LogP contribution in [0.15, 0.2) is 28.7 Å². The summed E-state index contributed by atoms with van der Waals surface area (Å²) < 4.78 is 11.1. The number of carbonyl (C=O) groups is 1. The van der Waals surface area contributed by atoms with E-state index in [0.29, 0.717) is 24.9 Å². The number of hydrogen-bond donors (Lipinski definition) is 1. The van der Waals surface area contributed by atoms with Gasteiger partial charge in [-0.15, -0.1) is 10.2 Å². The van der Waals surface area contributed by atoms with Gasteiger partial charge in [-0.2, -0.15) is 0 Å². The summed E-state index contributed by atoms with van der Waals surface area (Å²) in [6.45, 7) is 8.42. The number of benzene rings is 1. The Morgan fingerprint density at radius 3 is 2.72 bits per heavy atom. The number of amides is 2. The van der Waals surface area contributed by atoms with Gasteiger partial charge < -0.3 is 19.4 Å². The summed E-state index contributed by atoms with van der Waals surface area (Å²) in [6, 6.07) is 7.88. The molecule has 0 saturated carbocycles. The van der Waals surface area contributed by atoms with Crippen LogP contribution < -0.4 is 10.1 Å². The molecule has 1 aliphatic heterocycles. The molecule has 1 fully saturated rings. The van der Waals surface area contributed by atoms with Gasteiger partial charge in [0.05, 0.1) is 13.0 Å². The molecule has 7 heteroatoms. The van der Waals surface area contributed by atoms with Gasteiger partial charge in [0.1, 0.15) is 5.75 Å². The van der Waals surface area contributed by atoms with Crippen LogP contribution >= 0.6 is 0 Å². The van der Waals surface area contributed by atoms with Crippen LogP contribution in [-0.2, 0) is 12.8 Å². The average molecular weight is 401 g/mol. The third-order valence-corrected chi connectivity index (χ3v) is 5.07. The number of ether oxygens (including phenoxy) is 1. The zero-order valence-corrected chi connectivity index (χ0v) is 17.9. The average Bonchev–Trinajstić information content (AvgIpc) is 3.15. The first-order chi connectivity index (χ1) is 13.8. The fourth-order valence-electron chi connectivity index (χ4n) is 3.54. The Morgan fingerprint density at radius 2 is 2.03 bits per heavy atom. The minimum atomic E-state index is -0.0300. The molecule has 3 rings (SSSR count). The highest BCUT2D eigenvalue weighted by Crippen LogP contribution is 2.27. The van der Waals surface area contributed by atoms with Gasteiger partial charge >= 0.3 is 6.03 Å². The van der Waals surface area contributed by atoms with Gasteiger partial charge in [-0.1, -0.05) is 32.9 Å². The molecule has 1 N–H and O–H groups in total. The molecule has 1 unspecified atom stereocenters. The van der Waals surface area contributed by atoms with Gasteiger partial charge in [0.25, 0.3) is 0 Å². The highest BCUT2D eigenvalue weighted by molar-refractivity contribution is 5.74. The number of methoxy groups -OCH3 is 1.